The third-order valence-electron chi connectivity index (χ3n) is 5.40. The first-order valence-corrected chi connectivity index (χ1v) is 12.5. The average molecular weight is 892 g/mol. The van der Waals surface area contributed by atoms with Crippen molar-refractivity contribution in [3.8, 4) is 0 Å². The van der Waals surface area contributed by atoms with Gasteiger partial charge in [0.2, 0.25) is 0 Å². The fourth-order valence-corrected chi connectivity index (χ4v) is 3.63. The zero-order valence-corrected chi connectivity index (χ0v) is 30.6. The van der Waals surface area contributed by atoms with Gasteiger partial charge in [0, 0.05) is 46.3 Å². The molecule has 0 bridgehead atoms. The summed E-state index contributed by atoms with van der Waals surface area (Å²) in [6.07, 6.45) is 8.75. The number of aromatic nitrogens is 4. The Kier molecular flexibility index (Phi) is 51.9. The molecule has 0 fully saturated rings. The van der Waals surface area contributed by atoms with Gasteiger partial charge in [0.05, 0.1) is 45.9 Å². The number of fused-ring (bicyclic) bond motifs is 6. The van der Waals surface area contributed by atoms with Gasteiger partial charge in [0.1, 0.15) is 0 Å². The molecule has 0 saturated heterocycles. The number of carbonyl (C=O) groups excluding carboxylic acids is 4. The Hall–Kier alpha value is -5.97. The average Bonchev–Trinajstić information content (AvgIpc) is 3.03. The summed E-state index contributed by atoms with van der Waals surface area (Å²) >= 11 is 0. The third-order valence-corrected chi connectivity index (χ3v) is 5.40. The number of carbonyl (C=O) groups is 4. The van der Waals surface area contributed by atoms with Crippen molar-refractivity contribution in [2.45, 2.75) is 0 Å². The van der Waals surface area contributed by atoms with E-state index in [1.165, 1.54) is 0 Å². The first-order chi connectivity index (χ1) is 21.2. The van der Waals surface area contributed by atoms with Crippen LogP contribution >= 0.6 is 0 Å². The smallest absolute Gasteiger partial charge is 0.870 e. The van der Waals surface area contributed by atoms with Crippen molar-refractivity contribution in [1.29, 1.82) is 0 Å². The van der Waals surface area contributed by atoms with E-state index in [4.69, 9.17) is 0 Å². The number of carboxylic acid groups (broad SMARTS) is 4. The number of benzene rings is 2. The van der Waals surface area contributed by atoms with Crippen LogP contribution < -0.4 is 20.4 Å². The molecule has 0 spiro atoms. The normalized spacial score (nSPS) is 8.14. The molecule has 6 rings (SSSR count). The summed E-state index contributed by atoms with van der Waals surface area (Å²) in [6.45, 7) is 0. The van der Waals surface area contributed by atoms with Gasteiger partial charge in [-0.25, -0.2) is 0 Å². The van der Waals surface area contributed by atoms with Crippen LogP contribution in [0.25, 0.3) is 43.6 Å². The van der Waals surface area contributed by atoms with Gasteiger partial charge in [-0.05, 0) is 48.6 Å². The van der Waals surface area contributed by atoms with Crippen molar-refractivity contribution < 1.29 is 130 Å². The number of hydrogen-bond donors (Lipinski definition) is 0. The number of nitrogens with zero attached hydrogens (tertiary/aromatic N) is 4. The van der Waals surface area contributed by atoms with E-state index in [0.717, 1.165) is 43.6 Å². The molecule has 0 aliphatic heterocycles. The van der Waals surface area contributed by atoms with Crippen molar-refractivity contribution in [2.24, 2.45) is 0 Å². The van der Waals surface area contributed by atoms with E-state index in [9.17, 15) is 39.6 Å². The molecule has 56 heavy (non-hydrogen) atoms. The van der Waals surface area contributed by atoms with Gasteiger partial charge >= 0.3 is 35.8 Å². The molecule has 24 heteroatoms. The largest absolute Gasteiger partial charge is 2.00 e. The van der Waals surface area contributed by atoms with E-state index in [1.54, 1.807) is 24.8 Å². The first-order valence-electron chi connectivity index (χ1n) is 12.5. The summed E-state index contributed by atoms with van der Waals surface area (Å²) in [5, 5.41) is 42.2. The molecule has 0 unspecified atom stereocenters. The Morgan fingerprint density at radius 1 is 0.393 bits per heavy atom. The van der Waals surface area contributed by atoms with Crippen LogP contribution in [0.1, 0.15) is 2.85 Å². The van der Waals surface area contributed by atoms with Crippen LogP contribution in [-0.2, 0) is 85.0 Å². The number of hydrogen-bond acceptors (Lipinski definition) is 14. The van der Waals surface area contributed by atoms with Gasteiger partial charge in [-0.2, -0.15) is 0 Å². The maximum Gasteiger partial charge on any atom is 2.00 e. The Balaban J connectivity index is -0.0000000463. The van der Waals surface area contributed by atoms with Gasteiger partial charge < -0.3 is 94.4 Å². The number of rotatable bonds is 4. The molecular weight excluding hydrogens is 846 g/mol. The van der Waals surface area contributed by atoms with Crippen LogP contribution in [0.5, 0.6) is 0 Å². The molecule has 6 aromatic rings. The molecule has 0 saturated carbocycles. The van der Waals surface area contributed by atoms with Crippen molar-refractivity contribution in [3.05, 3.63) is 122 Å². The molecule has 0 aliphatic rings. The van der Waals surface area contributed by atoms with Gasteiger partial charge in [-0.15, -0.1) is 0 Å². The minimum Gasteiger partial charge on any atom is -0.870 e. The van der Waals surface area contributed by atoms with Gasteiger partial charge in [0.15, 0.2) is 0 Å². The maximum atomic E-state index is 9.41. The van der Waals surface area contributed by atoms with E-state index in [2.05, 4.69) is 68.5 Å². The minimum absolute atomic E-state index is 0. The molecule has 4 heterocycles. The molecule has 0 atom stereocenters. The second-order valence-corrected chi connectivity index (χ2v) is 8.37. The van der Waals surface area contributed by atoms with Gasteiger partial charge in [-0.1, -0.05) is 48.5 Å². The Morgan fingerprint density at radius 2 is 0.554 bits per heavy atom. The topological polar surface area (TPSA) is 533 Å². The zero-order valence-electron chi connectivity index (χ0n) is 30.6. The Morgan fingerprint density at radius 3 is 0.696 bits per heavy atom. The zero-order chi connectivity index (χ0) is 31.9. The van der Waals surface area contributed by atoms with Gasteiger partial charge in [-0.3, -0.25) is 19.9 Å². The third kappa shape index (κ3) is 24.4. The van der Waals surface area contributed by atoms with Crippen molar-refractivity contribution in [1.82, 2.24) is 19.9 Å². The molecule has 316 valence electrons. The fourth-order valence-electron chi connectivity index (χ4n) is 3.63. The quantitative estimate of drug-likeness (QED) is 0.0687. The summed E-state index contributed by atoms with van der Waals surface area (Å²) in [6, 6.07) is 24.3. The molecular formula is C32H46N4Ni2O18+6. The molecule has 0 amide bonds. The summed E-state index contributed by atoms with van der Waals surface area (Å²) in [4.78, 5) is 55.0. The van der Waals surface area contributed by atoms with Crippen LogP contribution in [0.15, 0.2) is 122 Å². The van der Waals surface area contributed by atoms with E-state index < -0.39 is 23.9 Å². The standard InChI is InChI=1S/2C12H8N2.2C4H4O4.2Ni.10H2O/c2*1-3-9-5-6-10-4-2-8-14-12(10)11(9)13-7-1;2*5-3(6)1-2-4(7)8;;;;;;;;;;;;/h2*1-8H;2*1-2H,(H,5,6)(H,7,8);;;10*1H2/q;;;;2*+2;;;;;;;;;;/p+2/b;;2*2-1-;;;;;;;;;;;;. The summed E-state index contributed by atoms with van der Waals surface area (Å²) in [5.41, 5.74) is 3.91. The predicted octanol–water partition coefficient (Wildman–Crippen LogP) is -7.66. The number of carboxylic acids is 4. The van der Waals surface area contributed by atoms with E-state index >= 15 is 0 Å². The molecule has 24 N–H and O–H groups in total. The van der Waals surface area contributed by atoms with Crippen molar-refractivity contribution in [3.63, 3.8) is 0 Å². The van der Waals surface area contributed by atoms with Crippen LogP contribution in [0.3, 0.4) is 0 Å². The number of aliphatic carboxylic acids is 4. The number of pyridine rings is 4. The van der Waals surface area contributed by atoms with E-state index in [0.29, 0.717) is 24.3 Å². The van der Waals surface area contributed by atoms with Crippen LogP contribution in [0, 0.1) is 0 Å². The second kappa shape index (κ2) is 38.7. The summed E-state index contributed by atoms with van der Waals surface area (Å²) in [5.74, 6) is -6.19. The van der Waals surface area contributed by atoms with Gasteiger partial charge in [0.25, 0.3) is 0 Å². The Labute approximate surface area is 338 Å². The predicted molar refractivity (Wildman–Crippen MR) is 195 cm³/mol. The Bertz CT molecular complexity index is 1770. The molecule has 4 aromatic heterocycles. The van der Waals surface area contributed by atoms with Crippen LogP contribution in [0.2, 0.25) is 0 Å². The van der Waals surface area contributed by atoms with Crippen LogP contribution in [0.4, 0.5) is 0 Å². The molecule has 22 nitrogen and oxygen atoms in total. The minimum atomic E-state index is -1.55. The molecule has 2 aromatic carbocycles. The molecule has 0 aliphatic carbocycles. The van der Waals surface area contributed by atoms with Crippen molar-refractivity contribution >= 4 is 67.5 Å². The fraction of sp³-hybridized carbons (Fsp3) is 0. The van der Waals surface area contributed by atoms with Crippen LogP contribution in [-0.4, -0.2) is 65.7 Å². The SMILES string of the molecule is O.O.O=C([O-])/C=C\C(=O)[O-].O=C([O-])/C=C\C(=O)[O-].[H+].[H+].[Ni+2].[Ni+2].[OH-].[OH-].[OH3+].[OH3+].[OH3+].[OH3+].[OH3+].[OH3+].c1cnc2c(c1)ccc1cccnc12.c1cnc2c(c1)ccc1cccnc12. The second-order valence-electron chi connectivity index (χ2n) is 8.37. The van der Waals surface area contributed by atoms with Crippen molar-refractivity contribution in [2.75, 3.05) is 0 Å². The summed E-state index contributed by atoms with van der Waals surface area (Å²) < 4.78 is 0. The maximum absolute atomic E-state index is 9.41. The molecule has 0 radical (unpaired) electrons. The summed E-state index contributed by atoms with van der Waals surface area (Å²) in [7, 11) is 0. The van der Waals surface area contributed by atoms with E-state index in [1.807, 2.05) is 24.3 Å². The first kappa shape index (κ1) is 75.1. The monoisotopic (exact) mass is 890 g/mol. The van der Waals surface area contributed by atoms with E-state index in [-0.39, 0.29) is 90.6 Å².